The molecule has 0 saturated carbocycles. The highest BCUT2D eigenvalue weighted by Crippen LogP contribution is 2.46. The van der Waals surface area contributed by atoms with Crippen molar-refractivity contribution in [2.45, 2.75) is 0 Å². The van der Waals surface area contributed by atoms with Gasteiger partial charge in [-0.3, -0.25) is 0 Å². The van der Waals surface area contributed by atoms with Gasteiger partial charge in [0.15, 0.2) is 0 Å². The lowest BCUT2D eigenvalue weighted by molar-refractivity contribution is 0.670. The van der Waals surface area contributed by atoms with Crippen molar-refractivity contribution in [2.75, 3.05) is 0 Å². The molecule has 1 heteroatoms. The van der Waals surface area contributed by atoms with Crippen molar-refractivity contribution >= 4 is 54.3 Å². The molecule has 0 aliphatic rings. The molecule has 0 spiro atoms. The summed E-state index contributed by atoms with van der Waals surface area (Å²) in [5.41, 5.74) is 11.4. The molecule has 1 nitrogen and oxygen atoms in total. The van der Waals surface area contributed by atoms with E-state index in [2.05, 4.69) is 176 Å². The van der Waals surface area contributed by atoms with Gasteiger partial charge in [-0.2, -0.15) is 0 Å². The molecule has 0 aliphatic carbocycles. The summed E-state index contributed by atoms with van der Waals surface area (Å²) in [6, 6.07) is 65.9. The molecular weight excluding hydrogens is 593 g/mol. The smallest absolute Gasteiger partial charge is 0.143 e. The number of furan rings is 1. The van der Waals surface area contributed by atoms with Crippen molar-refractivity contribution in [1.29, 1.82) is 0 Å². The Kier molecular flexibility index (Phi) is 6.25. The lowest BCUT2D eigenvalue weighted by Crippen LogP contribution is -1.92. The highest BCUT2D eigenvalue weighted by Gasteiger charge is 2.20. The first kappa shape index (κ1) is 27.7. The van der Waals surface area contributed by atoms with E-state index in [1.54, 1.807) is 0 Å². The maximum atomic E-state index is 6.52. The molecule has 0 aliphatic heterocycles. The van der Waals surface area contributed by atoms with Gasteiger partial charge in [0, 0.05) is 16.3 Å². The van der Waals surface area contributed by atoms with Gasteiger partial charge < -0.3 is 4.42 Å². The maximum absolute atomic E-state index is 6.52. The lowest BCUT2D eigenvalue weighted by Gasteiger charge is -2.20. The Labute approximate surface area is 284 Å². The monoisotopic (exact) mass is 622 g/mol. The second kappa shape index (κ2) is 11.1. The lowest BCUT2D eigenvalue weighted by atomic mass is 9.83. The largest absolute Gasteiger partial charge is 0.455 e. The highest BCUT2D eigenvalue weighted by molar-refractivity contribution is 6.23. The van der Waals surface area contributed by atoms with Gasteiger partial charge in [-0.1, -0.05) is 158 Å². The number of para-hydroxylation sites is 2. The Morgan fingerprint density at radius 2 is 0.837 bits per heavy atom. The molecule has 1 aromatic heterocycles. The van der Waals surface area contributed by atoms with Gasteiger partial charge in [0.2, 0.25) is 0 Å². The van der Waals surface area contributed by atoms with Crippen LogP contribution < -0.4 is 0 Å². The van der Waals surface area contributed by atoms with Crippen LogP contribution >= 0.6 is 0 Å². The number of hydrogen-bond acceptors (Lipinski definition) is 1. The van der Waals surface area contributed by atoms with Crippen molar-refractivity contribution in [1.82, 2.24) is 0 Å². The van der Waals surface area contributed by atoms with Crippen LogP contribution in [0.4, 0.5) is 0 Å². The van der Waals surface area contributed by atoms with Gasteiger partial charge in [-0.05, 0) is 95.5 Å². The van der Waals surface area contributed by atoms with Gasteiger partial charge in [0.25, 0.3) is 0 Å². The Balaban J connectivity index is 1.31. The minimum atomic E-state index is 0.911. The van der Waals surface area contributed by atoms with Gasteiger partial charge in [-0.15, -0.1) is 0 Å². The molecule has 0 saturated heterocycles. The molecule has 49 heavy (non-hydrogen) atoms. The third-order valence-electron chi connectivity index (χ3n) is 10.0. The quantitative estimate of drug-likeness (QED) is 0.178. The van der Waals surface area contributed by atoms with E-state index < -0.39 is 0 Å². The Hall–Kier alpha value is -6.44. The van der Waals surface area contributed by atoms with Crippen LogP contribution in [0.15, 0.2) is 186 Å². The Morgan fingerprint density at radius 1 is 0.286 bits per heavy atom. The maximum Gasteiger partial charge on any atom is 0.143 e. The molecule has 0 radical (unpaired) electrons. The van der Waals surface area contributed by atoms with E-state index in [0.29, 0.717) is 0 Å². The summed E-state index contributed by atoms with van der Waals surface area (Å²) in [6.45, 7) is 0. The van der Waals surface area contributed by atoms with Crippen LogP contribution in [0.25, 0.3) is 98.8 Å². The van der Waals surface area contributed by atoms with E-state index in [9.17, 15) is 0 Å². The molecule has 0 amide bonds. The summed E-state index contributed by atoms with van der Waals surface area (Å²) < 4.78 is 6.52. The number of fused-ring (bicyclic) bond motifs is 6. The number of hydrogen-bond donors (Lipinski definition) is 0. The summed E-state index contributed by atoms with van der Waals surface area (Å²) in [5.74, 6) is 0. The van der Waals surface area contributed by atoms with E-state index in [4.69, 9.17) is 4.42 Å². The van der Waals surface area contributed by atoms with E-state index >= 15 is 0 Å². The third-order valence-corrected chi connectivity index (χ3v) is 10.0. The van der Waals surface area contributed by atoms with Crippen molar-refractivity contribution < 1.29 is 4.42 Å². The zero-order valence-electron chi connectivity index (χ0n) is 26.7. The highest BCUT2D eigenvalue weighted by atomic mass is 16.3. The first-order valence-corrected chi connectivity index (χ1v) is 16.8. The van der Waals surface area contributed by atoms with Crippen LogP contribution in [-0.2, 0) is 0 Å². The Morgan fingerprint density at radius 3 is 1.59 bits per heavy atom. The van der Waals surface area contributed by atoms with Gasteiger partial charge in [-0.25, -0.2) is 0 Å². The third kappa shape index (κ3) is 4.47. The molecule has 228 valence electrons. The summed E-state index contributed by atoms with van der Waals surface area (Å²) in [6.07, 6.45) is 0. The van der Waals surface area contributed by atoms with Crippen molar-refractivity contribution in [2.24, 2.45) is 0 Å². The van der Waals surface area contributed by atoms with Crippen molar-refractivity contribution in [3.63, 3.8) is 0 Å². The number of benzene rings is 9. The van der Waals surface area contributed by atoms with E-state index in [1.165, 1.54) is 65.7 Å². The first-order chi connectivity index (χ1) is 24.3. The molecule has 0 unspecified atom stereocenters. The predicted molar refractivity (Wildman–Crippen MR) is 208 cm³/mol. The summed E-state index contributed by atoms with van der Waals surface area (Å²) in [5, 5.41) is 9.72. The molecule has 0 atom stereocenters. The van der Waals surface area contributed by atoms with E-state index in [0.717, 1.165) is 33.1 Å². The fraction of sp³-hybridized carbons (Fsp3) is 0. The normalized spacial score (nSPS) is 11.7. The van der Waals surface area contributed by atoms with E-state index in [1.807, 2.05) is 6.07 Å². The SMILES string of the molecule is c1ccc(-c2c3ccc(-c4ccc5ccccc5c4)cc3c(-c3ccccc3)c3cc(-c4cccc5c4oc4ccccc45)ccc23)cc1. The molecule has 10 rings (SSSR count). The molecule has 0 N–H and O–H groups in total. The Bertz CT molecular complexity index is 2860. The van der Waals surface area contributed by atoms with Crippen molar-refractivity contribution in [3.05, 3.63) is 182 Å². The van der Waals surface area contributed by atoms with Crippen LogP contribution in [0.5, 0.6) is 0 Å². The average molecular weight is 623 g/mol. The molecule has 9 aromatic carbocycles. The summed E-state index contributed by atoms with van der Waals surface area (Å²) >= 11 is 0. The van der Waals surface area contributed by atoms with Crippen LogP contribution in [-0.4, -0.2) is 0 Å². The van der Waals surface area contributed by atoms with Crippen LogP contribution in [0, 0.1) is 0 Å². The molecule has 0 bridgehead atoms. The van der Waals surface area contributed by atoms with E-state index in [-0.39, 0.29) is 0 Å². The van der Waals surface area contributed by atoms with Gasteiger partial charge in [0.1, 0.15) is 11.2 Å². The standard InChI is InChI=1S/C48H30O/c1-3-13-32(14-4-1)46-40-26-24-36(35-23-22-31-12-7-8-17-34(31)28-35)29-43(40)47(33-15-5-2-6-16-33)44-30-37(25-27-41(44)46)38-19-11-20-42-39-18-9-10-21-45(39)49-48(38)42/h1-30H. The number of rotatable bonds is 4. The van der Waals surface area contributed by atoms with Crippen LogP contribution in [0.3, 0.4) is 0 Å². The molecule has 10 aromatic rings. The zero-order valence-corrected chi connectivity index (χ0v) is 26.7. The summed E-state index contributed by atoms with van der Waals surface area (Å²) in [7, 11) is 0. The summed E-state index contributed by atoms with van der Waals surface area (Å²) in [4.78, 5) is 0. The molecular formula is C48H30O. The fourth-order valence-electron chi connectivity index (χ4n) is 7.75. The topological polar surface area (TPSA) is 13.1 Å². The first-order valence-electron chi connectivity index (χ1n) is 16.8. The molecule has 1 heterocycles. The zero-order chi connectivity index (χ0) is 32.3. The predicted octanol–water partition coefficient (Wildman–Crippen LogP) is 13.7. The van der Waals surface area contributed by atoms with Crippen molar-refractivity contribution in [3.8, 4) is 44.5 Å². The fourth-order valence-corrected chi connectivity index (χ4v) is 7.75. The average Bonchev–Trinajstić information content (AvgIpc) is 3.56. The second-order valence-electron chi connectivity index (χ2n) is 12.8. The van der Waals surface area contributed by atoms with Gasteiger partial charge >= 0.3 is 0 Å². The minimum absolute atomic E-state index is 0.911. The molecule has 0 fully saturated rings. The second-order valence-corrected chi connectivity index (χ2v) is 12.8. The minimum Gasteiger partial charge on any atom is -0.455 e. The van der Waals surface area contributed by atoms with Gasteiger partial charge in [0.05, 0.1) is 0 Å². The van der Waals surface area contributed by atoms with Crippen LogP contribution in [0.2, 0.25) is 0 Å². The van der Waals surface area contributed by atoms with Crippen LogP contribution in [0.1, 0.15) is 0 Å².